The van der Waals surface area contributed by atoms with Crippen LogP contribution in [0.3, 0.4) is 0 Å². The minimum absolute atomic E-state index is 0.118. The predicted molar refractivity (Wildman–Crippen MR) is 125 cm³/mol. The number of amides is 2. The fourth-order valence-electron chi connectivity index (χ4n) is 2.78. The van der Waals surface area contributed by atoms with Gasteiger partial charge >= 0.3 is 0 Å². The van der Waals surface area contributed by atoms with Gasteiger partial charge in [-0.3, -0.25) is 9.59 Å². The number of hydrogen-bond donors (Lipinski definition) is 2. The number of thioether (sulfide) groups is 1. The lowest BCUT2D eigenvalue weighted by Crippen LogP contribution is -2.14. The number of carbonyl (C=O) groups is 2. The summed E-state index contributed by atoms with van der Waals surface area (Å²) in [7, 11) is 3.00. The van der Waals surface area contributed by atoms with Crippen molar-refractivity contribution in [2.24, 2.45) is 0 Å². The van der Waals surface area contributed by atoms with Gasteiger partial charge in [0.15, 0.2) is 0 Å². The first-order valence-corrected chi connectivity index (χ1v) is 10.7. The molecule has 0 bridgehead atoms. The van der Waals surface area contributed by atoms with Crippen LogP contribution in [0.2, 0.25) is 5.02 Å². The Labute approximate surface area is 189 Å². The Morgan fingerprint density at radius 2 is 1.39 bits per heavy atom. The maximum atomic E-state index is 12.7. The summed E-state index contributed by atoms with van der Waals surface area (Å²) in [5, 5.41) is 6.27. The zero-order valence-electron chi connectivity index (χ0n) is 17.0. The van der Waals surface area contributed by atoms with Gasteiger partial charge in [0.2, 0.25) is 5.91 Å². The van der Waals surface area contributed by atoms with E-state index in [4.69, 9.17) is 21.1 Å². The third kappa shape index (κ3) is 6.16. The molecule has 0 unspecified atom stereocenters. The molecule has 0 fully saturated rings. The molecule has 0 radical (unpaired) electrons. The second kappa shape index (κ2) is 10.7. The standard InChI is InChI=1S/C23H21ClN2O4S/c1-29-19-4-3-5-20(30-2)22(19)23(28)26-17-10-12-18(13-11-17)31-14-21(27)25-16-8-6-15(24)7-9-16/h3-13H,14H2,1-2H3,(H,25,27)(H,26,28). The Morgan fingerprint density at radius 3 is 1.97 bits per heavy atom. The molecule has 0 aromatic heterocycles. The minimum Gasteiger partial charge on any atom is -0.496 e. The van der Waals surface area contributed by atoms with E-state index in [9.17, 15) is 9.59 Å². The normalized spacial score (nSPS) is 10.3. The highest BCUT2D eigenvalue weighted by Crippen LogP contribution is 2.29. The monoisotopic (exact) mass is 456 g/mol. The second-order valence-corrected chi connectivity index (χ2v) is 7.84. The fraction of sp³-hybridized carbons (Fsp3) is 0.130. The molecule has 0 aliphatic carbocycles. The molecular weight excluding hydrogens is 436 g/mol. The maximum Gasteiger partial charge on any atom is 0.263 e. The fourth-order valence-corrected chi connectivity index (χ4v) is 3.61. The molecule has 2 N–H and O–H groups in total. The molecule has 2 amide bonds. The van der Waals surface area contributed by atoms with Gasteiger partial charge in [0.1, 0.15) is 17.1 Å². The topological polar surface area (TPSA) is 76.7 Å². The highest BCUT2D eigenvalue weighted by Gasteiger charge is 2.18. The molecule has 31 heavy (non-hydrogen) atoms. The van der Waals surface area contributed by atoms with E-state index in [0.29, 0.717) is 33.5 Å². The Kier molecular flexibility index (Phi) is 7.81. The zero-order valence-corrected chi connectivity index (χ0v) is 18.5. The van der Waals surface area contributed by atoms with Gasteiger partial charge in [0, 0.05) is 21.3 Å². The minimum atomic E-state index is -0.336. The molecule has 160 valence electrons. The maximum absolute atomic E-state index is 12.7. The Hall–Kier alpha value is -3.16. The Morgan fingerprint density at radius 1 is 0.839 bits per heavy atom. The first-order valence-electron chi connectivity index (χ1n) is 9.31. The first kappa shape index (κ1) is 22.5. The SMILES string of the molecule is COc1cccc(OC)c1C(=O)Nc1ccc(SCC(=O)Nc2ccc(Cl)cc2)cc1. The largest absolute Gasteiger partial charge is 0.496 e. The molecule has 0 spiro atoms. The van der Waals surface area contributed by atoms with Crippen molar-refractivity contribution in [3.63, 3.8) is 0 Å². The van der Waals surface area contributed by atoms with E-state index in [1.54, 1.807) is 54.6 Å². The third-order valence-corrected chi connectivity index (χ3v) is 5.53. The van der Waals surface area contributed by atoms with Crippen LogP contribution in [-0.4, -0.2) is 31.8 Å². The number of hydrogen-bond acceptors (Lipinski definition) is 5. The van der Waals surface area contributed by atoms with Crippen LogP contribution in [0.4, 0.5) is 11.4 Å². The van der Waals surface area contributed by atoms with Crippen molar-refractivity contribution < 1.29 is 19.1 Å². The van der Waals surface area contributed by atoms with Gasteiger partial charge in [0.25, 0.3) is 5.91 Å². The van der Waals surface area contributed by atoms with Crippen LogP contribution < -0.4 is 20.1 Å². The van der Waals surface area contributed by atoms with Crippen molar-refractivity contribution >= 4 is 46.6 Å². The van der Waals surface area contributed by atoms with Crippen molar-refractivity contribution in [2.75, 3.05) is 30.6 Å². The Bertz CT molecular complexity index is 1030. The number of carbonyl (C=O) groups excluding carboxylic acids is 2. The molecule has 0 saturated carbocycles. The number of methoxy groups -OCH3 is 2. The molecule has 0 atom stereocenters. The molecule has 0 aliphatic rings. The van der Waals surface area contributed by atoms with E-state index >= 15 is 0 Å². The molecule has 3 aromatic rings. The lowest BCUT2D eigenvalue weighted by atomic mass is 10.1. The van der Waals surface area contributed by atoms with Crippen LogP contribution in [0.1, 0.15) is 10.4 Å². The summed E-state index contributed by atoms with van der Waals surface area (Å²) >= 11 is 7.24. The summed E-state index contributed by atoms with van der Waals surface area (Å²) in [6.45, 7) is 0. The highest BCUT2D eigenvalue weighted by atomic mass is 35.5. The number of benzene rings is 3. The van der Waals surface area contributed by atoms with Crippen molar-refractivity contribution in [3.8, 4) is 11.5 Å². The van der Waals surface area contributed by atoms with Gasteiger partial charge < -0.3 is 20.1 Å². The lowest BCUT2D eigenvalue weighted by molar-refractivity contribution is -0.113. The summed E-state index contributed by atoms with van der Waals surface area (Å²) in [6, 6.07) is 19.3. The molecule has 0 heterocycles. The molecule has 0 saturated heterocycles. The number of ether oxygens (including phenoxy) is 2. The average molecular weight is 457 g/mol. The van der Waals surface area contributed by atoms with Crippen LogP contribution in [0.15, 0.2) is 71.6 Å². The van der Waals surface area contributed by atoms with Crippen LogP contribution in [0.25, 0.3) is 0 Å². The average Bonchev–Trinajstić information content (AvgIpc) is 2.79. The van der Waals surface area contributed by atoms with E-state index in [2.05, 4.69) is 10.6 Å². The van der Waals surface area contributed by atoms with Crippen molar-refractivity contribution in [3.05, 3.63) is 77.3 Å². The molecule has 3 aromatic carbocycles. The van der Waals surface area contributed by atoms with Gasteiger partial charge in [-0.05, 0) is 60.7 Å². The van der Waals surface area contributed by atoms with Crippen LogP contribution in [-0.2, 0) is 4.79 Å². The van der Waals surface area contributed by atoms with E-state index in [-0.39, 0.29) is 17.6 Å². The predicted octanol–water partition coefficient (Wildman–Crippen LogP) is 5.34. The lowest BCUT2D eigenvalue weighted by Gasteiger charge is -2.13. The molecule has 8 heteroatoms. The van der Waals surface area contributed by atoms with Crippen molar-refractivity contribution in [2.45, 2.75) is 4.90 Å². The number of anilines is 2. The summed E-state index contributed by atoms with van der Waals surface area (Å²) in [4.78, 5) is 25.7. The summed E-state index contributed by atoms with van der Waals surface area (Å²) in [5.74, 6) is 0.656. The number of halogens is 1. The van der Waals surface area contributed by atoms with E-state index in [1.165, 1.54) is 26.0 Å². The highest BCUT2D eigenvalue weighted by molar-refractivity contribution is 8.00. The van der Waals surface area contributed by atoms with Crippen molar-refractivity contribution in [1.29, 1.82) is 0 Å². The van der Waals surface area contributed by atoms with Crippen molar-refractivity contribution in [1.82, 2.24) is 0 Å². The van der Waals surface area contributed by atoms with Gasteiger partial charge in [-0.2, -0.15) is 0 Å². The van der Waals surface area contributed by atoms with Crippen LogP contribution in [0.5, 0.6) is 11.5 Å². The van der Waals surface area contributed by atoms with Crippen LogP contribution in [0, 0.1) is 0 Å². The van der Waals surface area contributed by atoms with Gasteiger partial charge in [-0.25, -0.2) is 0 Å². The van der Waals surface area contributed by atoms with Gasteiger partial charge in [-0.1, -0.05) is 17.7 Å². The number of rotatable bonds is 8. The molecule has 3 rings (SSSR count). The molecular formula is C23H21ClN2O4S. The zero-order chi connectivity index (χ0) is 22.2. The van der Waals surface area contributed by atoms with E-state index < -0.39 is 0 Å². The summed E-state index contributed by atoms with van der Waals surface area (Å²) in [6.07, 6.45) is 0. The number of nitrogens with one attached hydrogen (secondary N) is 2. The molecule has 0 aliphatic heterocycles. The van der Waals surface area contributed by atoms with Gasteiger partial charge in [0.05, 0.1) is 20.0 Å². The Balaban J connectivity index is 1.57. The smallest absolute Gasteiger partial charge is 0.263 e. The third-order valence-electron chi connectivity index (χ3n) is 4.26. The second-order valence-electron chi connectivity index (χ2n) is 6.36. The molecule has 6 nitrogen and oxygen atoms in total. The van der Waals surface area contributed by atoms with Gasteiger partial charge in [-0.15, -0.1) is 11.8 Å². The van der Waals surface area contributed by atoms with E-state index in [0.717, 1.165) is 4.90 Å². The summed E-state index contributed by atoms with van der Waals surface area (Å²) in [5.41, 5.74) is 1.64. The quantitative estimate of drug-likeness (QED) is 0.447. The first-order chi connectivity index (χ1) is 15.0. The van der Waals surface area contributed by atoms with E-state index in [1.807, 2.05) is 12.1 Å². The van der Waals surface area contributed by atoms with Crippen LogP contribution >= 0.6 is 23.4 Å². The summed E-state index contributed by atoms with van der Waals surface area (Å²) < 4.78 is 10.6.